The molecule has 0 aliphatic heterocycles. The third-order valence-electron chi connectivity index (χ3n) is 0.885. The van der Waals surface area contributed by atoms with Crippen LogP contribution in [0.2, 0.25) is 0 Å². The molecule has 0 aliphatic carbocycles. The Morgan fingerprint density at radius 3 is 1.90 bits per heavy atom. The summed E-state index contributed by atoms with van der Waals surface area (Å²) in [7, 11) is 9.90. The van der Waals surface area contributed by atoms with E-state index in [-0.39, 0.29) is 0 Å². The van der Waals surface area contributed by atoms with Gasteiger partial charge in [-0.25, -0.2) is 0 Å². The van der Waals surface area contributed by atoms with Crippen LogP contribution in [-0.4, -0.2) is 0 Å². The molecule has 1 rings (SSSR count). The molecule has 0 nitrogen and oxygen atoms in total. The van der Waals surface area contributed by atoms with Crippen molar-refractivity contribution in [2.45, 2.75) is 6.92 Å². The van der Waals surface area contributed by atoms with Gasteiger partial charge in [0.05, 0.1) is 0 Å². The number of aryl methyl sites for hydroxylation is 1. The van der Waals surface area contributed by atoms with Gasteiger partial charge in [-0.2, -0.15) is 0 Å². The molecule has 0 spiro atoms. The van der Waals surface area contributed by atoms with Gasteiger partial charge in [0.15, 0.2) is 0 Å². The molecule has 0 unspecified atom stereocenters. The van der Waals surface area contributed by atoms with Crippen LogP contribution < -0.4 is 0 Å². The molecule has 51 valence electrons. The van der Waals surface area contributed by atoms with Crippen molar-refractivity contribution in [2.24, 2.45) is 0 Å². The van der Waals surface area contributed by atoms with Gasteiger partial charge in [-0.15, -0.1) is 0 Å². The van der Waals surface area contributed by atoms with E-state index >= 15 is 0 Å². The molecule has 0 heterocycles. The molecular weight excluding hydrogens is 220 g/mol. The Bertz CT molecular complexity index is 153. The monoisotopic (exact) mass is 225 g/mol. The molecule has 0 amide bonds. The molecule has 10 heavy (non-hydrogen) atoms. The molecule has 3 heteroatoms. The van der Waals surface area contributed by atoms with Gasteiger partial charge in [0, 0.05) is 0 Å². The Hall–Kier alpha value is 0.423. The van der Waals surface area contributed by atoms with E-state index in [1.54, 1.807) is 0 Å². The van der Waals surface area contributed by atoms with Crippen LogP contribution in [0.15, 0.2) is 24.3 Å². The van der Waals surface area contributed by atoms with Crippen LogP contribution in [0.25, 0.3) is 0 Å². The summed E-state index contributed by atoms with van der Waals surface area (Å²) >= 11 is -0.931. The third-order valence-corrected chi connectivity index (χ3v) is 0.885. The number of rotatable bonds is 0. The average molecular weight is 227 g/mol. The van der Waals surface area contributed by atoms with Gasteiger partial charge in [-0.3, -0.25) is 0 Å². The zero-order valence-electron chi connectivity index (χ0n) is 5.77. The summed E-state index contributed by atoms with van der Waals surface area (Å²) in [5, 5.41) is 0. The van der Waals surface area contributed by atoms with E-state index in [0.717, 1.165) is 0 Å². The summed E-state index contributed by atoms with van der Waals surface area (Å²) < 4.78 is 0. The van der Waals surface area contributed by atoms with Gasteiger partial charge in [-0.1, -0.05) is 29.8 Å². The molecule has 1 aromatic carbocycles. The second kappa shape index (κ2) is 7.53. The zero-order valence-corrected chi connectivity index (χ0v) is 10.3. The normalized spacial score (nSPS) is 7.10. The fourth-order valence-electron chi connectivity index (χ4n) is 0.470. The van der Waals surface area contributed by atoms with Crippen molar-refractivity contribution in [3.63, 3.8) is 0 Å². The Morgan fingerprint density at radius 2 is 1.70 bits per heavy atom. The molecular formula is C7H7Cl2Zn. The van der Waals surface area contributed by atoms with Crippen LogP contribution in [0.4, 0.5) is 0 Å². The summed E-state index contributed by atoms with van der Waals surface area (Å²) in [6.45, 7) is 2.06. The van der Waals surface area contributed by atoms with Crippen molar-refractivity contribution in [1.29, 1.82) is 0 Å². The van der Waals surface area contributed by atoms with Crippen LogP contribution in [0.5, 0.6) is 0 Å². The van der Waals surface area contributed by atoms with E-state index in [0.29, 0.717) is 0 Å². The molecule has 0 saturated heterocycles. The fraction of sp³-hybridized carbons (Fsp3) is 0.143. The maximum atomic E-state index is 4.95. The van der Waals surface area contributed by atoms with E-state index in [4.69, 9.17) is 19.4 Å². The first-order valence-corrected chi connectivity index (χ1v) is 10.7. The molecule has 1 aromatic rings. The summed E-state index contributed by atoms with van der Waals surface area (Å²) in [6.07, 6.45) is 0. The van der Waals surface area contributed by atoms with Gasteiger partial charge in [0.2, 0.25) is 0 Å². The number of hydrogen-bond donors (Lipinski definition) is 0. The van der Waals surface area contributed by atoms with E-state index < -0.39 is 15.1 Å². The van der Waals surface area contributed by atoms with Gasteiger partial charge < -0.3 is 0 Å². The molecule has 0 bridgehead atoms. The molecule has 0 N–H and O–H groups in total. The predicted molar refractivity (Wildman–Crippen MR) is 41.7 cm³/mol. The number of benzene rings is 1. The van der Waals surface area contributed by atoms with Crippen LogP contribution in [-0.2, 0) is 15.1 Å². The standard InChI is InChI=1S/C7H7.2ClH.Zn/c1-7-5-3-2-4-6-7;;;/h3-6H,1H3;2*1H;/q;;;+2/p-2. The Labute approximate surface area is 77.2 Å². The molecule has 0 saturated carbocycles. The Balaban J connectivity index is 0.000000236. The van der Waals surface area contributed by atoms with Crippen molar-refractivity contribution in [2.75, 3.05) is 0 Å². The average Bonchev–Trinajstić information content (AvgIpc) is 1.91. The first-order valence-electron chi connectivity index (χ1n) is 2.86. The maximum absolute atomic E-state index is 4.95. The van der Waals surface area contributed by atoms with Crippen molar-refractivity contribution in [3.05, 3.63) is 35.9 Å². The van der Waals surface area contributed by atoms with Gasteiger partial charge in [0.1, 0.15) is 0 Å². The first kappa shape index (κ1) is 10.4. The Kier molecular flexibility index (Phi) is 7.85. The fourth-order valence-corrected chi connectivity index (χ4v) is 0.470. The molecule has 0 aromatic heterocycles. The summed E-state index contributed by atoms with van der Waals surface area (Å²) in [4.78, 5) is 0. The molecule has 0 aliphatic rings. The minimum atomic E-state index is -0.931. The Morgan fingerprint density at radius 1 is 1.30 bits per heavy atom. The van der Waals surface area contributed by atoms with Crippen LogP contribution in [0.3, 0.4) is 0 Å². The quantitative estimate of drug-likeness (QED) is 0.597. The van der Waals surface area contributed by atoms with Crippen LogP contribution in [0, 0.1) is 13.0 Å². The number of halogens is 2. The second-order valence-electron chi connectivity index (χ2n) is 1.68. The van der Waals surface area contributed by atoms with E-state index in [2.05, 4.69) is 13.0 Å². The van der Waals surface area contributed by atoms with Crippen LogP contribution >= 0.6 is 19.4 Å². The first-order chi connectivity index (χ1) is 4.81. The van der Waals surface area contributed by atoms with Gasteiger partial charge in [0.25, 0.3) is 0 Å². The molecule has 0 fully saturated rings. The van der Waals surface area contributed by atoms with Crippen LogP contribution in [0.1, 0.15) is 5.56 Å². The topological polar surface area (TPSA) is 0 Å². The van der Waals surface area contributed by atoms with E-state index in [1.807, 2.05) is 24.3 Å². The molecule has 1 radical (unpaired) electrons. The third kappa shape index (κ3) is 6.54. The van der Waals surface area contributed by atoms with E-state index in [9.17, 15) is 0 Å². The van der Waals surface area contributed by atoms with Crippen molar-refractivity contribution in [1.82, 2.24) is 0 Å². The summed E-state index contributed by atoms with van der Waals surface area (Å²) in [6, 6.07) is 10.8. The van der Waals surface area contributed by atoms with Crippen molar-refractivity contribution < 1.29 is 15.1 Å². The SMILES string of the molecule is Cc1cc[c]cc1.[Cl][Zn][Cl]. The molecule has 0 atom stereocenters. The van der Waals surface area contributed by atoms with Gasteiger partial charge in [-0.05, 0) is 13.0 Å². The zero-order chi connectivity index (χ0) is 7.82. The predicted octanol–water partition coefficient (Wildman–Crippen LogP) is 3.17. The van der Waals surface area contributed by atoms with Gasteiger partial charge >= 0.3 is 34.5 Å². The second-order valence-corrected chi connectivity index (χ2v) is 6.30. The summed E-state index contributed by atoms with van der Waals surface area (Å²) in [5.41, 5.74) is 1.29. The number of hydrogen-bond acceptors (Lipinski definition) is 0. The van der Waals surface area contributed by atoms with Crippen molar-refractivity contribution in [3.8, 4) is 0 Å². The van der Waals surface area contributed by atoms with Crippen molar-refractivity contribution >= 4 is 19.4 Å². The minimum absolute atomic E-state index is 0.931. The van der Waals surface area contributed by atoms with E-state index in [1.165, 1.54) is 5.56 Å². The summed E-state index contributed by atoms with van der Waals surface area (Å²) in [5.74, 6) is 0.